The lowest BCUT2D eigenvalue weighted by Crippen LogP contribution is -2.42. The minimum atomic E-state index is 0.0329. The van der Waals surface area contributed by atoms with Gasteiger partial charge >= 0.3 is 0 Å². The first-order valence-corrected chi connectivity index (χ1v) is 10.2. The van der Waals surface area contributed by atoms with Crippen molar-refractivity contribution in [2.24, 2.45) is 10.9 Å². The van der Waals surface area contributed by atoms with Crippen LogP contribution in [-0.2, 0) is 6.42 Å². The Kier molecular flexibility index (Phi) is 10.5. The summed E-state index contributed by atoms with van der Waals surface area (Å²) in [6, 6.07) is 8.22. The topological polar surface area (TPSA) is 56.7 Å². The fourth-order valence-electron chi connectivity index (χ4n) is 2.87. The Morgan fingerprint density at radius 3 is 2.56 bits per heavy atom. The van der Waals surface area contributed by atoms with Gasteiger partial charge in [0.1, 0.15) is 0 Å². The summed E-state index contributed by atoms with van der Waals surface area (Å²) in [5.41, 5.74) is 1.86. The van der Waals surface area contributed by atoms with Crippen molar-refractivity contribution in [3.8, 4) is 0 Å². The molecule has 1 atom stereocenters. The van der Waals surface area contributed by atoms with Crippen LogP contribution in [-0.4, -0.2) is 50.0 Å². The zero-order valence-corrected chi connectivity index (χ0v) is 18.0. The molecule has 1 aromatic rings. The maximum atomic E-state index is 12.1. The van der Waals surface area contributed by atoms with Gasteiger partial charge in [-0.05, 0) is 50.3 Å². The number of aliphatic imine (C=N–C) groups is 1. The summed E-state index contributed by atoms with van der Waals surface area (Å²) in [6.45, 7) is 10.4. The number of hydrogen-bond donors (Lipinski definition) is 2. The van der Waals surface area contributed by atoms with Gasteiger partial charge in [0.15, 0.2) is 5.96 Å². The Hall–Kier alpha value is -2.04. The average Bonchev–Trinajstić information content (AvgIpc) is 2.61. The highest BCUT2D eigenvalue weighted by Crippen LogP contribution is 2.09. The highest BCUT2D eigenvalue weighted by molar-refractivity contribution is 5.94. The Balaban J connectivity index is 2.58. The first-order valence-electron chi connectivity index (χ1n) is 10.2. The van der Waals surface area contributed by atoms with Gasteiger partial charge in [0, 0.05) is 38.8 Å². The van der Waals surface area contributed by atoms with E-state index in [-0.39, 0.29) is 5.91 Å². The molecule has 0 heterocycles. The maximum Gasteiger partial charge on any atom is 0.253 e. The van der Waals surface area contributed by atoms with Crippen molar-refractivity contribution in [1.29, 1.82) is 0 Å². The third kappa shape index (κ3) is 9.45. The molecule has 27 heavy (non-hydrogen) atoms. The SMILES string of the molecule is CCNC(=NCCc1cccc(C(=O)N(C)C)c1)NC(C)CCCC(C)C. The molecule has 2 N–H and O–H groups in total. The number of hydrogen-bond acceptors (Lipinski definition) is 2. The van der Waals surface area contributed by atoms with Crippen molar-refractivity contribution < 1.29 is 4.79 Å². The number of carbonyl (C=O) groups excluding carboxylic acids is 1. The zero-order chi connectivity index (χ0) is 20.2. The first kappa shape index (κ1) is 23.0. The molecule has 0 fully saturated rings. The molecule has 0 radical (unpaired) electrons. The van der Waals surface area contributed by atoms with E-state index in [1.165, 1.54) is 12.8 Å². The molecule has 0 aliphatic rings. The average molecular weight is 375 g/mol. The number of amides is 1. The molecule has 0 aliphatic carbocycles. The van der Waals surface area contributed by atoms with Gasteiger partial charge in [-0.2, -0.15) is 0 Å². The van der Waals surface area contributed by atoms with Gasteiger partial charge in [0.2, 0.25) is 0 Å². The van der Waals surface area contributed by atoms with Crippen LogP contribution in [0.2, 0.25) is 0 Å². The molecule has 5 heteroatoms. The summed E-state index contributed by atoms with van der Waals surface area (Å²) in [6.07, 6.45) is 4.46. The van der Waals surface area contributed by atoms with E-state index in [1.54, 1.807) is 19.0 Å². The number of guanidine groups is 1. The summed E-state index contributed by atoms with van der Waals surface area (Å²) in [5, 5.41) is 6.82. The zero-order valence-electron chi connectivity index (χ0n) is 18.0. The molecule has 0 saturated carbocycles. The molecule has 0 spiro atoms. The molecular weight excluding hydrogens is 336 g/mol. The largest absolute Gasteiger partial charge is 0.357 e. The molecule has 152 valence electrons. The van der Waals surface area contributed by atoms with Crippen molar-refractivity contribution in [2.45, 2.75) is 59.4 Å². The predicted molar refractivity (Wildman–Crippen MR) is 115 cm³/mol. The van der Waals surface area contributed by atoms with Gasteiger partial charge in [-0.25, -0.2) is 0 Å². The molecule has 5 nitrogen and oxygen atoms in total. The number of nitrogens with one attached hydrogen (secondary N) is 2. The minimum Gasteiger partial charge on any atom is -0.357 e. The molecule has 0 aliphatic heterocycles. The third-order valence-corrected chi connectivity index (χ3v) is 4.40. The van der Waals surface area contributed by atoms with E-state index in [0.717, 1.165) is 42.4 Å². The van der Waals surface area contributed by atoms with Gasteiger partial charge in [-0.3, -0.25) is 9.79 Å². The Bertz CT molecular complexity index is 596. The van der Waals surface area contributed by atoms with Crippen LogP contribution in [0.4, 0.5) is 0 Å². The smallest absolute Gasteiger partial charge is 0.253 e. The molecule has 1 rings (SSSR count). The van der Waals surface area contributed by atoms with E-state index in [2.05, 4.69) is 44.4 Å². The first-order chi connectivity index (χ1) is 12.8. The molecule has 1 unspecified atom stereocenters. The van der Waals surface area contributed by atoms with E-state index >= 15 is 0 Å². The van der Waals surface area contributed by atoms with Crippen LogP contribution in [0.5, 0.6) is 0 Å². The van der Waals surface area contributed by atoms with Crippen molar-refractivity contribution in [3.63, 3.8) is 0 Å². The lowest BCUT2D eigenvalue weighted by Gasteiger charge is -2.18. The van der Waals surface area contributed by atoms with E-state index in [9.17, 15) is 4.79 Å². The van der Waals surface area contributed by atoms with Crippen molar-refractivity contribution in [1.82, 2.24) is 15.5 Å². The van der Waals surface area contributed by atoms with Gasteiger partial charge in [0.25, 0.3) is 5.91 Å². The third-order valence-electron chi connectivity index (χ3n) is 4.40. The summed E-state index contributed by atoms with van der Waals surface area (Å²) in [4.78, 5) is 18.4. The second-order valence-electron chi connectivity index (χ2n) is 7.78. The van der Waals surface area contributed by atoms with Crippen LogP contribution in [0.15, 0.2) is 29.3 Å². The monoisotopic (exact) mass is 374 g/mol. The molecule has 0 saturated heterocycles. The van der Waals surface area contributed by atoms with Crippen LogP contribution in [0.1, 0.15) is 62.9 Å². The second-order valence-corrected chi connectivity index (χ2v) is 7.78. The highest BCUT2D eigenvalue weighted by Gasteiger charge is 2.08. The highest BCUT2D eigenvalue weighted by atomic mass is 16.2. The predicted octanol–water partition coefficient (Wildman–Crippen LogP) is 3.70. The fraction of sp³-hybridized carbons (Fsp3) is 0.636. The summed E-state index contributed by atoms with van der Waals surface area (Å²) in [5.74, 6) is 1.66. The summed E-state index contributed by atoms with van der Waals surface area (Å²) < 4.78 is 0. The van der Waals surface area contributed by atoms with Gasteiger partial charge < -0.3 is 15.5 Å². The van der Waals surface area contributed by atoms with Crippen LogP contribution >= 0.6 is 0 Å². The standard InChI is InChI=1S/C22H38N4O/c1-7-23-22(25-18(4)11-8-10-17(2)3)24-15-14-19-12-9-13-20(16-19)21(27)26(5)6/h9,12-13,16-18H,7-8,10-11,14-15H2,1-6H3,(H2,23,24,25). The van der Waals surface area contributed by atoms with E-state index in [4.69, 9.17) is 4.99 Å². The van der Waals surface area contributed by atoms with E-state index < -0.39 is 0 Å². The van der Waals surface area contributed by atoms with Gasteiger partial charge in [0.05, 0.1) is 0 Å². The van der Waals surface area contributed by atoms with Crippen LogP contribution < -0.4 is 10.6 Å². The maximum absolute atomic E-state index is 12.1. The van der Waals surface area contributed by atoms with Crippen LogP contribution in [0.25, 0.3) is 0 Å². The quantitative estimate of drug-likeness (QED) is 0.485. The Morgan fingerprint density at radius 2 is 1.93 bits per heavy atom. The van der Waals surface area contributed by atoms with E-state index in [0.29, 0.717) is 12.6 Å². The van der Waals surface area contributed by atoms with Crippen molar-refractivity contribution in [3.05, 3.63) is 35.4 Å². The Labute approximate surface area is 165 Å². The summed E-state index contributed by atoms with van der Waals surface area (Å²) in [7, 11) is 3.55. The van der Waals surface area contributed by atoms with Crippen LogP contribution in [0.3, 0.4) is 0 Å². The lowest BCUT2D eigenvalue weighted by atomic mass is 10.0. The lowest BCUT2D eigenvalue weighted by molar-refractivity contribution is 0.0827. The number of carbonyl (C=O) groups is 1. The minimum absolute atomic E-state index is 0.0329. The molecule has 1 amide bonds. The fourth-order valence-corrected chi connectivity index (χ4v) is 2.87. The Morgan fingerprint density at radius 1 is 1.19 bits per heavy atom. The van der Waals surface area contributed by atoms with Crippen molar-refractivity contribution >= 4 is 11.9 Å². The molecular formula is C22H38N4O. The van der Waals surface area contributed by atoms with Gasteiger partial charge in [-0.1, -0.05) is 38.8 Å². The normalized spacial score (nSPS) is 12.8. The molecule has 1 aromatic carbocycles. The van der Waals surface area contributed by atoms with Crippen LogP contribution in [0, 0.1) is 5.92 Å². The number of benzene rings is 1. The van der Waals surface area contributed by atoms with Gasteiger partial charge in [-0.15, -0.1) is 0 Å². The molecule has 0 aromatic heterocycles. The van der Waals surface area contributed by atoms with Crippen molar-refractivity contribution in [2.75, 3.05) is 27.2 Å². The van der Waals surface area contributed by atoms with E-state index in [1.807, 2.05) is 18.2 Å². The number of rotatable bonds is 10. The number of nitrogens with zero attached hydrogens (tertiary/aromatic N) is 2. The second kappa shape index (κ2) is 12.4. The summed E-state index contributed by atoms with van der Waals surface area (Å²) >= 11 is 0. The molecule has 0 bridgehead atoms.